The van der Waals surface area contributed by atoms with Gasteiger partial charge >= 0.3 is 0 Å². The summed E-state index contributed by atoms with van der Waals surface area (Å²) < 4.78 is 5.77. The van der Waals surface area contributed by atoms with E-state index in [1.807, 2.05) is 19.1 Å². The van der Waals surface area contributed by atoms with Gasteiger partial charge in [0.1, 0.15) is 11.9 Å². The van der Waals surface area contributed by atoms with Gasteiger partial charge < -0.3 is 10.1 Å². The molecule has 0 radical (unpaired) electrons. The van der Waals surface area contributed by atoms with E-state index in [2.05, 4.69) is 10.3 Å². The van der Waals surface area contributed by atoms with Gasteiger partial charge in [0.15, 0.2) is 0 Å². The number of nitrogens with zero attached hydrogens (tertiary/aromatic N) is 1. The molecule has 0 fully saturated rings. The summed E-state index contributed by atoms with van der Waals surface area (Å²) in [4.78, 5) is 4.48. The fourth-order valence-corrected chi connectivity index (χ4v) is 2.21. The molecule has 1 heterocycles. The molecule has 3 nitrogen and oxygen atoms in total. The Hall–Kier alpha value is -0.770. The first-order chi connectivity index (χ1) is 8.72. The highest BCUT2D eigenvalue weighted by atomic mass is 35.5. The molecule has 5 heteroatoms. The van der Waals surface area contributed by atoms with Crippen LogP contribution in [0.5, 0.6) is 0 Å². The van der Waals surface area contributed by atoms with Gasteiger partial charge in [0.25, 0.3) is 0 Å². The summed E-state index contributed by atoms with van der Waals surface area (Å²) in [7, 11) is 0. The Labute approximate surface area is 117 Å². The Bertz CT molecular complexity index is 449. The topological polar surface area (TPSA) is 33.6 Å². The van der Waals surface area contributed by atoms with E-state index >= 15 is 0 Å². The lowest BCUT2D eigenvalue weighted by Gasteiger charge is -2.24. The second kappa shape index (κ2) is 6.41. The Balaban J connectivity index is 2.28. The highest BCUT2D eigenvalue weighted by Crippen LogP contribution is 2.28. The van der Waals surface area contributed by atoms with E-state index in [-0.39, 0.29) is 6.10 Å². The predicted molar refractivity (Wildman–Crippen MR) is 75.8 cm³/mol. The van der Waals surface area contributed by atoms with Crippen molar-refractivity contribution in [1.29, 1.82) is 0 Å². The minimum Gasteiger partial charge on any atom is -0.371 e. The highest BCUT2D eigenvalue weighted by Gasteiger charge is 2.20. The maximum Gasteiger partial charge on any atom is 0.139 e. The molecule has 1 atom stereocenters. The normalized spacial score (nSPS) is 16.9. The van der Waals surface area contributed by atoms with Crippen LogP contribution in [0.3, 0.4) is 0 Å². The Morgan fingerprint density at radius 1 is 1.39 bits per heavy atom. The van der Waals surface area contributed by atoms with Crippen molar-refractivity contribution in [1.82, 2.24) is 5.32 Å². The molecule has 0 aromatic heterocycles. The van der Waals surface area contributed by atoms with Gasteiger partial charge in [-0.3, -0.25) is 4.99 Å². The number of aliphatic imine (C=N–C) groups is 1. The molecule has 0 bridgehead atoms. The predicted octanol–water partition coefficient (Wildman–Crippen LogP) is 3.46. The van der Waals surface area contributed by atoms with Crippen molar-refractivity contribution in [2.24, 2.45) is 4.99 Å². The molecule has 0 saturated heterocycles. The summed E-state index contributed by atoms with van der Waals surface area (Å²) in [5, 5.41) is 4.37. The van der Waals surface area contributed by atoms with E-state index < -0.39 is 0 Å². The number of ether oxygens (including phenoxy) is 1. The van der Waals surface area contributed by atoms with Crippen LogP contribution in [-0.2, 0) is 4.74 Å². The van der Waals surface area contributed by atoms with Crippen molar-refractivity contribution in [3.8, 4) is 0 Å². The summed E-state index contributed by atoms with van der Waals surface area (Å²) in [6, 6.07) is 5.55. The first kappa shape index (κ1) is 13.7. The largest absolute Gasteiger partial charge is 0.371 e. The van der Waals surface area contributed by atoms with Crippen molar-refractivity contribution in [3.63, 3.8) is 0 Å². The Kier molecular flexibility index (Phi) is 4.87. The Morgan fingerprint density at radius 2 is 2.22 bits per heavy atom. The fourth-order valence-electron chi connectivity index (χ4n) is 1.90. The maximum atomic E-state index is 6.05. The SMILES string of the molecule is CCO[C@@H](C1=NCCCN1)c1ccc(Cl)c(Cl)c1. The number of amidine groups is 1. The summed E-state index contributed by atoms with van der Waals surface area (Å²) in [6.45, 7) is 4.36. The third-order valence-corrected chi connectivity index (χ3v) is 3.49. The standard InChI is InChI=1S/C13H16Cl2N2O/c1-2-18-12(13-16-6-3-7-17-13)9-4-5-10(14)11(15)8-9/h4-5,8,12H,2-3,6-7H2,1H3,(H,16,17)/t12-/m1/s1. The van der Waals surface area contributed by atoms with Crippen molar-refractivity contribution in [2.45, 2.75) is 19.4 Å². The lowest BCUT2D eigenvalue weighted by molar-refractivity contribution is 0.107. The molecule has 0 aliphatic carbocycles. The van der Waals surface area contributed by atoms with E-state index in [0.29, 0.717) is 16.7 Å². The second-order valence-corrected chi connectivity index (χ2v) is 4.87. The van der Waals surface area contributed by atoms with E-state index in [4.69, 9.17) is 27.9 Å². The second-order valence-electron chi connectivity index (χ2n) is 4.06. The molecule has 1 aliphatic rings. The van der Waals surface area contributed by atoms with E-state index in [9.17, 15) is 0 Å². The molecule has 1 aromatic rings. The zero-order chi connectivity index (χ0) is 13.0. The molecule has 0 unspecified atom stereocenters. The van der Waals surface area contributed by atoms with Gasteiger partial charge in [-0.25, -0.2) is 0 Å². The fraction of sp³-hybridized carbons (Fsp3) is 0.462. The molecule has 0 saturated carbocycles. The van der Waals surface area contributed by atoms with Crippen LogP contribution in [0, 0.1) is 0 Å². The van der Waals surface area contributed by atoms with E-state index in [1.54, 1.807) is 6.07 Å². The average molecular weight is 287 g/mol. The van der Waals surface area contributed by atoms with Gasteiger partial charge in [0, 0.05) is 19.7 Å². The molecule has 98 valence electrons. The molecule has 1 N–H and O–H groups in total. The molecule has 1 aliphatic heterocycles. The van der Waals surface area contributed by atoms with Gasteiger partial charge in [-0.1, -0.05) is 29.3 Å². The monoisotopic (exact) mass is 286 g/mol. The third-order valence-electron chi connectivity index (χ3n) is 2.75. The smallest absolute Gasteiger partial charge is 0.139 e. The highest BCUT2D eigenvalue weighted by molar-refractivity contribution is 6.42. The molecule has 18 heavy (non-hydrogen) atoms. The first-order valence-electron chi connectivity index (χ1n) is 6.07. The number of rotatable bonds is 4. The molecular weight excluding hydrogens is 271 g/mol. The van der Waals surface area contributed by atoms with Crippen LogP contribution in [0.4, 0.5) is 0 Å². The summed E-state index contributed by atoms with van der Waals surface area (Å²) in [5.74, 6) is 0.876. The zero-order valence-corrected chi connectivity index (χ0v) is 11.8. The number of halogens is 2. The van der Waals surface area contributed by atoms with E-state index in [1.165, 1.54) is 0 Å². The number of nitrogens with one attached hydrogen (secondary N) is 1. The van der Waals surface area contributed by atoms with Crippen LogP contribution in [0.15, 0.2) is 23.2 Å². The number of benzene rings is 1. The minimum atomic E-state index is -0.190. The van der Waals surface area contributed by atoms with Crippen LogP contribution in [0.25, 0.3) is 0 Å². The molecule has 2 rings (SSSR count). The van der Waals surface area contributed by atoms with Crippen molar-refractivity contribution >= 4 is 29.0 Å². The summed E-state index contributed by atoms with van der Waals surface area (Å²) in [6.07, 6.45) is 0.869. The number of hydrogen-bond acceptors (Lipinski definition) is 3. The van der Waals surface area contributed by atoms with Gasteiger partial charge in [0.2, 0.25) is 0 Å². The lowest BCUT2D eigenvalue weighted by Crippen LogP contribution is -2.35. The zero-order valence-electron chi connectivity index (χ0n) is 10.2. The third kappa shape index (κ3) is 3.16. The van der Waals surface area contributed by atoms with Crippen LogP contribution < -0.4 is 5.32 Å². The van der Waals surface area contributed by atoms with Gasteiger partial charge in [-0.2, -0.15) is 0 Å². The van der Waals surface area contributed by atoms with Crippen molar-refractivity contribution < 1.29 is 4.74 Å². The van der Waals surface area contributed by atoms with Gasteiger partial charge in [0.05, 0.1) is 10.0 Å². The van der Waals surface area contributed by atoms with Crippen LogP contribution in [-0.4, -0.2) is 25.5 Å². The summed E-state index contributed by atoms with van der Waals surface area (Å²) >= 11 is 12.0. The molecular formula is C13H16Cl2N2O. The van der Waals surface area contributed by atoms with Crippen LogP contribution in [0.2, 0.25) is 10.0 Å². The molecule has 0 spiro atoms. The van der Waals surface area contributed by atoms with Crippen LogP contribution in [0.1, 0.15) is 25.0 Å². The Morgan fingerprint density at radius 3 is 2.83 bits per heavy atom. The van der Waals surface area contributed by atoms with Crippen molar-refractivity contribution in [3.05, 3.63) is 33.8 Å². The quantitative estimate of drug-likeness (QED) is 0.920. The first-order valence-corrected chi connectivity index (χ1v) is 6.82. The van der Waals surface area contributed by atoms with E-state index in [0.717, 1.165) is 30.9 Å². The lowest BCUT2D eigenvalue weighted by atomic mass is 10.1. The van der Waals surface area contributed by atoms with Gasteiger partial charge in [-0.15, -0.1) is 0 Å². The molecule has 1 aromatic carbocycles. The van der Waals surface area contributed by atoms with Crippen LogP contribution >= 0.6 is 23.2 Å². The number of hydrogen-bond donors (Lipinski definition) is 1. The van der Waals surface area contributed by atoms with Crippen molar-refractivity contribution in [2.75, 3.05) is 19.7 Å². The van der Waals surface area contributed by atoms with Gasteiger partial charge in [-0.05, 0) is 31.0 Å². The average Bonchev–Trinajstić information content (AvgIpc) is 2.40. The summed E-state index contributed by atoms with van der Waals surface area (Å²) in [5.41, 5.74) is 0.972. The minimum absolute atomic E-state index is 0.190. The molecule has 0 amide bonds. The maximum absolute atomic E-state index is 6.05.